The van der Waals surface area contributed by atoms with Gasteiger partial charge in [0.15, 0.2) is 6.61 Å². The number of carbonyl (C=O) groups excluding carboxylic acids is 1. The summed E-state index contributed by atoms with van der Waals surface area (Å²) in [6.45, 7) is 7.89. The van der Waals surface area contributed by atoms with Crippen molar-refractivity contribution in [1.29, 1.82) is 0 Å². The van der Waals surface area contributed by atoms with Crippen molar-refractivity contribution in [3.8, 4) is 5.75 Å². The Balaban J connectivity index is 1.56. The van der Waals surface area contributed by atoms with E-state index in [1.165, 1.54) is 17.7 Å². The average Bonchev–Trinajstić information content (AvgIpc) is 2.96. The molecular formula is C34H37NO4S. The third-order valence-electron chi connectivity index (χ3n) is 7.21. The number of sulfonamides is 1. The summed E-state index contributed by atoms with van der Waals surface area (Å²) in [7, 11) is -4.16. The fourth-order valence-corrected chi connectivity index (χ4v) is 6.02. The van der Waals surface area contributed by atoms with Crippen LogP contribution in [0.3, 0.4) is 0 Å². The van der Waals surface area contributed by atoms with Gasteiger partial charge in [0.25, 0.3) is 15.9 Å². The number of amides is 1. The van der Waals surface area contributed by atoms with Gasteiger partial charge < -0.3 is 4.74 Å². The highest BCUT2D eigenvalue weighted by Gasteiger charge is 2.31. The smallest absolute Gasteiger partial charge is 0.278 e. The predicted octanol–water partition coefficient (Wildman–Crippen LogP) is 7.46. The number of ether oxygens (including phenoxy) is 1. The highest BCUT2D eigenvalue weighted by molar-refractivity contribution is 7.93. The Morgan fingerprint density at radius 2 is 1.40 bits per heavy atom. The summed E-state index contributed by atoms with van der Waals surface area (Å²) in [6.07, 6.45) is 3.00. The van der Waals surface area contributed by atoms with E-state index in [4.69, 9.17) is 4.74 Å². The van der Waals surface area contributed by atoms with Crippen molar-refractivity contribution in [2.45, 2.75) is 57.3 Å². The number of rotatable bonds is 11. The first-order valence-electron chi connectivity index (χ1n) is 13.7. The lowest BCUT2D eigenvalue weighted by Crippen LogP contribution is -2.40. The van der Waals surface area contributed by atoms with E-state index >= 15 is 0 Å². The summed E-state index contributed by atoms with van der Waals surface area (Å²) in [5.41, 5.74) is 4.40. The minimum absolute atomic E-state index is 0.0500. The van der Waals surface area contributed by atoms with E-state index in [1.807, 2.05) is 61.5 Å². The van der Waals surface area contributed by atoms with E-state index in [-0.39, 0.29) is 16.0 Å². The summed E-state index contributed by atoms with van der Waals surface area (Å²) in [4.78, 5) is 13.5. The first-order valence-corrected chi connectivity index (χ1v) is 15.1. The number of nitrogens with zero attached hydrogens (tertiary/aromatic N) is 1. The van der Waals surface area contributed by atoms with Gasteiger partial charge in [-0.15, -0.1) is 0 Å². The number of carbonyl (C=O) groups is 1. The van der Waals surface area contributed by atoms with Crippen LogP contribution in [-0.2, 0) is 26.7 Å². The van der Waals surface area contributed by atoms with Crippen LogP contribution in [0.4, 0.5) is 5.69 Å². The normalized spacial score (nSPS) is 11.7. The molecule has 0 spiro atoms. The van der Waals surface area contributed by atoms with Gasteiger partial charge in [0.1, 0.15) is 5.75 Å². The lowest BCUT2D eigenvalue weighted by molar-refractivity contribution is -0.119. The molecule has 6 heteroatoms. The fourth-order valence-electron chi connectivity index (χ4n) is 4.60. The fraction of sp³-hybridized carbons (Fsp3) is 0.265. The molecule has 4 aromatic carbocycles. The second kappa shape index (κ2) is 12.5. The number of aryl methyl sites for hydroxylation is 2. The van der Waals surface area contributed by atoms with E-state index in [9.17, 15) is 13.2 Å². The van der Waals surface area contributed by atoms with Crippen molar-refractivity contribution in [3.05, 3.63) is 125 Å². The van der Waals surface area contributed by atoms with Gasteiger partial charge in [0, 0.05) is 5.41 Å². The summed E-state index contributed by atoms with van der Waals surface area (Å²) < 4.78 is 34.1. The molecule has 0 bridgehead atoms. The molecule has 0 aliphatic rings. The quantitative estimate of drug-likeness (QED) is 0.193. The lowest BCUT2D eigenvalue weighted by atomic mass is 9.78. The molecule has 40 heavy (non-hydrogen) atoms. The van der Waals surface area contributed by atoms with Crippen LogP contribution in [0.1, 0.15) is 55.9 Å². The number of benzene rings is 4. The third kappa shape index (κ3) is 6.62. The SMILES string of the molecule is CCCCc1ccc(N(C(=O)COc2ccc(C(C)(C)c3ccccc3)cc2)S(=O)(=O)c2ccc(C)cc2)cc1. The number of hydrogen-bond donors (Lipinski definition) is 0. The van der Waals surface area contributed by atoms with Gasteiger partial charge in [-0.25, -0.2) is 8.42 Å². The van der Waals surface area contributed by atoms with Gasteiger partial charge in [-0.2, -0.15) is 4.31 Å². The average molecular weight is 556 g/mol. The van der Waals surface area contributed by atoms with Crippen LogP contribution in [0.2, 0.25) is 0 Å². The summed E-state index contributed by atoms with van der Waals surface area (Å²) >= 11 is 0. The number of hydrogen-bond acceptors (Lipinski definition) is 4. The molecule has 0 radical (unpaired) electrons. The van der Waals surface area contributed by atoms with Crippen LogP contribution in [0.5, 0.6) is 5.75 Å². The molecule has 0 heterocycles. The summed E-state index contributed by atoms with van der Waals surface area (Å²) in [6, 6.07) is 31.4. The van der Waals surface area contributed by atoms with Crippen LogP contribution in [0.15, 0.2) is 108 Å². The molecule has 0 aliphatic carbocycles. The summed E-state index contributed by atoms with van der Waals surface area (Å²) in [5, 5.41) is 0. The largest absolute Gasteiger partial charge is 0.484 e. The van der Waals surface area contributed by atoms with Crippen molar-refractivity contribution in [3.63, 3.8) is 0 Å². The maximum absolute atomic E-state index is 13.7. The van der Waals surface area contributed by atoms with Gasteiger partial charge in [-0.3, -0.25) is 4.79 Å². The third-order valence-corrected chi connectivity index (χ3v) is 8.97. The molecule has 0 atom stereocenters. The molecule has 4 aromatic rings. The highest BCUT2D eigenvalue weighted by atomic mass is 32.2. The number of unbranched alkanes of at least 4 members (excludes halogenated alkanes) is 1. The van der Waals surface area contributed by atoms with E-state index in [1.54, 1.807) is 24.3 Å². The van der Waals surface area contributed by atoms with Crippen LogP contribution in [0, 0.1) is 6.92 Å². The van der Waals surface area contributed by atoms with Crippen molar-refractivity contribution < 1.29 is 17.9 Å². The number of anilines is 1. The zero-order valence-electron chi connectivity index (χ0n) is 23.6. The molecule has 0 saturated heterocycles. The zero-order chi connectivity index (χ0) is 28.8. The molecular weight excluding hydrogens is 518 g/mol. The minimum Gasteiger partial charge on any atom is -0.484 e. The molecule has 0 fully saturated rings. The maximum Gasteiger partial charge on any atom is 0.278 e. The van der Waals surface area contributed by atoms with E-state index in [2.05, 4.69) is 32.9 Å². The Morgan fingerprint density at radius 1 is 0.800 bits per heavy atom. The second-order valence-electron chi connectivity index (χ2n) is 10.6. The van der Waals surface area contributed by atoms with Gasteiger partial charge in [0.2, 0.25) is 0 Å². The summed E-state index contributed by atoms with van der Waals surface area (Å²) in [5.74, 6) is -0.181. The predicted molar refractivity (Wildman–Crippen MR) is 161 cm³/mol. The van der Waals surface area contributed by atoms with Crippen LogP contribution in [0.25, 0.3) is 0 Å². The topological polar surface area (TPSA) is 63.7 Å². The standard InChI is InChI=1S/C34H37NO4S/c1-5-6-10-27-15-19-30(20-16-27)35(40(37,38)32-23-13-26(2)14-24-32)33(36)25-39-31-21-17-29(18-22-31)34(3,4)28-11-8-7-9-12-28/h7-9,11-24H,5-6,10,25H2,1-4H3. The van der Waals surface area contributed by atoms with Crippen molar-refractivity contribution in [1.82, 2.24) is 0 Å². The minimum atomic E-state index is -4.16. The van der Waals surface area contributed by atoms with E-state index in [0.29, 0.717) is 5.75 Å². The molecule has 0 N–H and O–H groups in total. The Kier molecular flexibility index (Phi) is 9.10. The Morgan fingerprint density at radius 3 is 2.00 bits per heavy atom. The van der Waals surface area contributed by atoms with Gasteiger partial charge in [-0.1, -0.05) is 99.5 Å². The molecule has 0 saturated carbocycles. The van der Waals surface area contributed by atoms with Crippen molar-refractivity contribution >= 4 is 21.6 Å². The van der Waals surface area contributed by atoms with Crippen molar-refractivity contribution in [2.24, 2.45) is 0 Å². The molecule has 0 aliphatic heterocycles. The Bertz CT molecular complexity index is 1510. The zero-order valence-corrected chi connectivity index (χ0v) is 24.4. The second-order valence-corrected chi connectivity index (χ2v) is 12.3. The van der Waals surface area contributed by atoms with E-state index < -0.39 is 22.5 Å². The van der Waals surface area contributed by atoms with Crippen molar-refractivity contribution in [2.75, 3.05) is 10.9 Å². The molecule has 5 nitrogen and oxygen atoms in total. The Hall–Kier alpha value is -3.90. The van der Waals surface area contributed by atoms with Gasteiger partial charge >= 0.3 is 0 Å². The van der Waals surface area contributed by atoms with E-state index in [0.717, 1.165) is 40.3 Å². The van der Waals surface area contributed by atoms with Gasteiger partial charge in [0.05, 0.1) is 10.6 Å². The monoisotopic (exact) mass is 555 g/mol. The Labute approximate surface area is 238 Å². The highest BCUT2D eigenvalue weighted by Crippen LogP contribution is 2.32. The van der Waals surface area contributed by atoms with Crippen LogP contribution < -0.4 is 9.04 Å². The van der Waals surface area contributed by atoms with Crippen LogP contribution in [-0.4, -0.2) is 20.9 Å². The van der Waals surface area contributed by atoms with Gasteiger partial charge in [-0.05, 0) is 72.9 Å². The maximum atomic E-state index is 13.7. The molecule has 1 amide bonds. The lowest BCUT2D eigenvalue weighted by Gasteiger charge is -2.26. The first kappa shape index (κ1) is 29.1. The first-order chi connectivity index (χ1) is 19.1. The molecule has 208 valence electrons. The molecule has 0 aromatic heterocycles. The molecule has 4 rings (SSSR count). The van der Waals surface area contributed by atoms with Crippen LogP contribution >= 0.6 is 0 Å². The molecule has 0 unspecified atom stereocenters.